The first-order valence-electron chi connectivity index (χ1n) is 13.5. The van der Waals surface area contributed by atoms with E-state index < -0.39 is 80.1 Å². The maximum Gasteiger partial charge on any atom is 0.231 e. The zero-order valence-corrected chi connectivity index (χ0v) is 12.1. The van der Waals surface area contributed by atoms with Crippen molar-refractivity contribution in [2.24, 2.45) is 5.89 Å². The van der Waals surface area contributed by atoms with Gasteiger partial charge in [0, 0.05) is 25.4 Å². The minimum absolute atomic E-state index is 0.0183. The summed E-state index contributed by atoms with van der Waals surface area (Å²) in [6.07, 6.45) is -3.23. The smallest absolute Gasteiger partial charge is 0.231 e. The van der Waals surface area contributed by atoms with Crippen LogP contribution < -0.4 is 19.5 Å². The van der Waals surface area contributed by atoms with Crippen LogP contribution in [0.3, 0.4) is 0 Å². The minimum Gasteiger partial charge on any atom is -0.493 e. The number of benzene rings is 2. The van der Waals surface area contributed by atoms with Gasteiger partial charge < -0.3 is 19.5 Å². The standard InChI is InChI=1S/C19H20FNO3/c20-15-3-1-13(2-4-15)17-7-8-21-10-14(17)11-22-16-5-6-18-19(9-16)24-12-23-18/h1-6,9,14,17,21H,7-8,10-12H2/t14-,17?/m1/s1/i1D,2D,3D,4D,7D2,8D2,11D2,12D2,14D. The Bertz CT molecular complexity index is 1250. The van der Waals surface area contributed by atoms with Crippen LogP contribution in [0.15, 0.2) is 42.4 Å². The second kappa shape index (κ2) is 6.69. The highest BCUT2D eigenvalue weighted by Gasteiger charge is 2.27. The summed E-state index contributed by atoms with van der Waals surface area (Å²) < 4.78 is 136. The van der Waals surface area contributed by atoms with E-state index in [9.17, 15) is 4.39 Å². The molecule has 24 heavy (non-hydrogen) atoms. The lowest BCUT2D eigenvalue weighted by molar-refractivity contribution is 0.173. The van der Waals surface area contributed by atoms with Crippen LogP contribution in [-0.2, 0) is 0 Å². The van der Waals surface area contributed by atoms with Gasteiger partial charge in [0.15, 0.2) is 11.5 Å². The molecule has 1 N–H and O–H groups in total. The van der Waals surface area contributed by atoms with Crippen LogP contribution in [0, 0.1) is 11.7 Å². The summed E-state index contributed by atoms with van der Waals surface area (Å²) in [6.45, 7) is -9.55. The monoisotopic (exact) mass is 342 g/mol. The largest absolute Gasteiger partial charge is 0.493 e. The van der Waals surface area contributed by atoms with E-state index in [1.165, 1.54) is 6.07 Å². The van der Waals surface area contributed by atoms with Crippen LogP contribution in [0.1, 0.15) is 35.7 Å². The fourth-order valence-electron chi connectivity index (χ4n) is 2.20. The van der Waals surface area contributed by atoms with Gasteiger partial charge in [-0.3, -0.25) is 0 Å². The van der Waals surface area contributed by atoms with Crippen LogP contribution in [0.25, 0.3) is 0 Å². The Kier molecular flexibility index (Phi) is 1.83. The highest BCUT2D eigenvalue weighted by atomic mass is 19.1. The van der Waals surface area contributed by atoms with E-state index in [-0.39, 0.29) is 17.2 Å². The van der Waals surface area contributed by atoms with E-state index >= 15 is 0 Å². The molecule has 0 aliphatic carbocycles. The number of halogens is 1. The SMILES string of the molecule is [2H]c1c([2H])c(C2C([2H])([2H])C([2H])([2H])NC[C@]2([2H])C([2H])([2H])Oc2ccc3c(c2)OC([2H])([2H])O3)c([2H])c([2H])c1F. The van der Waals surface area contributed by atoms with Crippen molar-refractivity contribution in [1.29, 1.82) is 0 Å². The summed E-state index contributed by atoms with van der Waals surface area (Å²) in [5.41, 5.74) is -0.881. The number of rotatable bonds is 4. The molecule has 2 heterocycles. The highest BCUT2D eigenvalue weighted by molar-refractivity contribution is 5.46. The number of nitrogens with one attached hydrogen (secondary N) is 1. The number of hydrogen-bond donors (Lipinski definition) is 1. The molecule has 0 spiro atoms. The van der Waals surface area contributed by atoms with Gasteiger partial charge in [-0.1, -0.05) is 12.1 Å². The summed E-state index contributed by atoms with van der Waals surface area (Å²) >= 11 is 0. The topological polar surface area (TPSA) is 39.7 Å². The molecule has 4 nitrogen and oxygen atoms in total. The Labute approximate surface area is 158 Å². The van der Waals surface area contributed by atoms with E-state index in [1.54, 1.807) is 0 Å². The molecule has 1 fully saturated rings. The van der Waals surface area contributed by atoms with Crippen molar-refractivity contribution >= 4 is 0 Å². The minimum atomic E-state index is -3.23. The summed E-state index contributed by atoms with van der Waals surface area (Å²) in [5.74, 6) is -7.19. The summed E-state index contributed by atoms with van der Waals surface area (Å²) in [4.78, 5) is 0. The average Bonchev–Trinajstić information content (AvgIpc) is 3.09. The molecule has 0 amide bonds. The Morgan fingerprint density at radius 3 is 3.04 bits per heavy atom. The van der Waals surface area contributed by atoms with Crippen LogP contribution >= 0.6 is 0 Å². The van der Waals surface area contributed by atoms with Crippen molar-refractivity contribution in [2.75, 3.05) is 26.3 Å². The van der Waals surface area contributed by atoms with Gasteiger partial charge in [0.1, 0.15) is 14.3 Å². The Balaban J connectivity index is 1.86. The van der Waals surface area contributed by atoms with E-state index in [0.717, 1.165) is 12.1 Å². The van der Waals surface area contributed by atoms with Gasteiger partial charge in [0.25, 0.3) is 0 Å². The molecule has 2 aliphatic heterocycles. The van der Waals surface area contributed by atoms with Gasteiger partial charge in [0.05, 0.1) is 14.8 Å². The van der Waals surface area contributed by atoms with Crippen LogP contribution in [0.2, 0.25) is 0 Å². The second-order valence-corrected chi connectivity index (χ2v) is 4.91. The molecule has 2 aliphatic rings. The normalized spacial score (nSPS) is 40.2. The van der Waals surface area contributed by atoms with E-state index in [0.29, 0.717) is 0 Å². The third-order valence-electron chi connectivity index (χ3n) is 3.35. The molecular formula is C19H20FNO3. The molecule has 0 aromatic heterocycles. The van der Waals surface area contributed by atoms with Crippen molar-refractivity contribution in [1.82, 2.24) is 5.32 Å². The molecule has 0 saturated carbocycles. The molecule has 1 unspecified atom stereocenters. The molecule has 2 aromatic rings. The Morgan fingerprint density at radius 1 is 1.33 bits per heavy atom. The Morgan fingerprint density at radius 2 is 2.17 bits per heavy atom. The first-order chi connectivity index (χ1) is 16.8. The van der Waals surface area contributed by atoms with Crippen molar-refractivity contribution in [3.05, 3.63) is 53.7 Å². The maximum atomic E-state index is 14.2. The first kappa shape index (κ1) is 6.56. The second-order valence-electron chi connectivity index (χ2n) is 4.91. The van der Waals surface area contributed by atoms with Crippen molar-refractivity contribution in [2.45, 2.75) is 12.3 Å². The highest BCUT2D eigenvalue weighted by Crippen LogP contribution is 2.36. The zero-order chi connectivity index (χ0) is 27.9. The third-order valence-corrected chi connectivity index (χ3v) is 3.35. The predicted molar refractivity (Wildman–Crippen MR) is 88.2 cm³/mol. The molecule has 0 radical (unpaired) electrons. The summed E-state index contributed by atoms with van der Waals surface area (Å²) in [7, 11) is 0. The average molecular weight is 342 g/mol. The van der Waals surface area contributed by atoms with Crippen molar-refractivity contribution in [3.8, 4) is 17.2 Å². The van der Waals surface area contributed by atoms with Crippen molar-refractivity contribution < 1.29 is 36.4 Å². The summed E-state index contributed by atoms with van der Waals surface area (Å²) in [5, 5.41) is 2.13. The Hall–Kier alpha value is -2.27. The van der Waals surface area contributed by atoms with Gasteiger partial charge in [-0.05, 0) is 48.6 Å². The number of fused-ring (bicyclic) bond motifs is 1. The molecule has 5 heteroatoms. The van der Waals surface area contributed by atoms with Crippen molar-refractivity contribution in [3.63, 3.8) is 0 Å². The van der Waals surface area contributed by atoms with E-state index in [1.807, 2.05) is 0 Å². The number of piperidine rings is 1. The van der Waals surface area contributed by atoms with Gasteiger partial charge in [0.2, 0.25) is 6.75 Å². The number of hydrogen-bond acceptors (Lipinski definition) is 4. The fraction of sp³-hybridized carbons (Fsp3) is 0.368. The van der Waals surface area contributed by atoms with E-state index in [4.69, 9.17) is 32.0 Å². The molecular weight excluding hydrogens is 309 g/mol. The third kappa shape index (κ3) is 3.17. The quantitative estimate of drug-likeness (QED) is 0.925. The molecule has 4 rings (SSSR count). The van der Waals surface area contributed by atoms with Gasteiger partial charge in [-0.15, -0.1) is 0 Å². The molecule has 0 bridgehead atoms. The predicted octanol–water partition coefficient (Wildman–Crippen LogP) is 3.33. The molecule has 1 saturated heterocycles. The van der Waals surface area contributed by atoms with Crippen LogP contribution in [0.4, 0.5) is 4.39 Å². The maximum absolute atomic E-state index is 14.2. The van der Waals surface area contributed by atoms with Gasteiger partial charge in [-0.2, -0.15) is 0 Å². The molecule has 2 atom stereocenters. The zero-order valence-electron chi connectivity index (χ0n) is 25.1. The van der Waals surface area contributed by atoms with E-state index in [2.05, 4.69) is 5.32 Å². The fourth-order valence-corrected chi connectivity index (χ4v) is 2.20. The van der Waals surface area contributed by atoms with Crippen LogP contribution in [0.5, 0.6) is 17.2 Å². The lowest BCUT2D eigenvalue weighted by Crippen LogP contribution is -2.38. The van der Waals surface area contributed by atoms with Crippen LogP contribution in [-0.4, -0.2) is 26.3 Å². The summed E-state index contributed by atoms with van der Waals surface area (Å²) in [6, 6.07) is -1.09. The first-order valence-corrected chi connectivity index (χ1v) is 6.97. The lowest BCUT2D eigenvalue weighted by atomic mass is 9.81. The molecule has 2 aromatic carbocycles. The van der Waals surface area contributed by atoms with Gasteiger partial charge >= 0.3 is 0 Å². The number of ether oxygens (including phenoxy) is 3. The van der Waals surface area contributed by atoms with Gasteiger partial charge in [-0.25, -0.2) is 4.39 Å². The molecule has 126 valence electrons. The lowest BCUT2D eigenvalue weighted by Gasteiger charge is -2.32.